The monoisotopic (exact) mass is 325 g/mol. The number of halogens is 1. The molecule has 0 saturated carbocycles. The molecule has 4 heteroatoms. The molecule has 2 atom stereocenters. The van der Waals surface area contributed by atoms with Gasteiger partial charge in [0, 0.05) is 13.0 Å². The quantitative estimate of drug-likeness (QED) is 0.492. The van der Waals surface area contributed by atoms with Crippen molar-refractivity contribution in [2.75, 3.05) is 11.0 Å². The largest absolute Gasteiger partial charge is 0.446 e. The summed E-state index contributed by atoms with van der Waals surface area (Å²) in [4.78, 5) is 11.6. The average Bonchev–Trinajstić information content (AvgIpc) is 2.51. The Hall–Kier alpha value is 0.160. The first-order chi connectivity index (χ1) is 6.93. The van der Waals surface area contributed by atoms with Gasteiger partial charge < -0.3 is 4.74 Å². The van der Waals surface area contributed by atoms with Gasteiger partial charge >= 0.3 is 5.97 Å². The van der Waals surface area contributed by atoms with E-state index in [1.165, 1.54) is 10.8 Å². The van der Waals surface area contributed by atoms with E-state index in [4.69, 9.17) is 4.74 Å². The molecule has 0 radical (unpaired) electrons. The van der Waals surface area contributed by atoms with Crippen molar-refractivity contribution in [2.24, 2.45) is 11.3 Å². The van der Waals surface area contributed by atoms with Gasteiger partial charge in [-0.25, -0.2) is 0 Å². The molecule has 0 aromatic rings. The van der Waals surface area contributed by atoms with Crippen LogP contribution >= 0.6 is 22.6 Å². The van der Waals surface area contributed by atoms with E-state index in [2.05, 4.69) is 27.9 Å². The van der Waals surface area contributed by atoms with Gasteiger partial charge in [0.2, 0.25) is 0 Å². The van der Waals surface area contributed by atoms with Gasteiger partial charge in [0.15, 0.2) is 6.23 Å². The van der Waals surface area contributed by atoms with Crippen molar-refractivity contribution in [3.8, 4) is 0 Å². The van der Waals surface area contributed by atoms with Gasteiger partial charge in [-0.2, -0.15) is 0 Å². The maximum atomic E-state index is 11.6. The van der Waals surface area contributed by atoms with Crippen LogP contribution in [0.25, 0.3) is 0 Å². The molecule has 1 N–H and O–H groups in total. The Morgan fingerprint density at radius 3 is 2.73 bits per heavy atom. The van der Waals surface area contributed by atoms with Gasteiger partial charge in [-0.05, 0) is 37.5 Å². The molecule has 0 aromatic carbocycles. The normalized spacial score (nSPS) is 26.7. The molecule has 1 heterocycles. The lowest BCUT2D eigenvalue weighted by atomic mass is 9.97. The third kappa shape index (κ3) is 4.26. The second-order valence-corrected chi connectivity index (χ2v) is 6.21. The van der Waals surface area contributed by atoms with Gasteiger partial charge in [0.05, 0.1) is 5.41 Å². The van der Waals surface area contributed by atoms with Gasteiger partial charge in [-0.1, -0.05) is 22.6 Å². The highest BCUT2D eigenvalue weighted by Gasteiger charge is 2.30. The van der Waals surface area contributed by atoms with Crippen molar-refractivity contribution < 1.29 is 9.53 Å². The highest BCUT2D eigenvalue weighted by molar-refractivity contribution is 14.1. The molecule has 1 unspecified atom stereocenters. The van der Waals surface area contributed by atoms with Crippen molar-refractivity contribution in [3.63, 3.8) is 0 Å². The molecule has 1 saturated heterocycles. The number of nitrogens with one attached hydrogen (secondary N) is 1. The molecule has 1 aliphatic rings. The van der Waals surface area contributed by atoms with E-state index in [0.717, 1.165) is 13.0 Å². The lowest BCUT2D eigenvalue weighted by Gasteiger charge is -2.20. The summed E-state index contributed by atoms with van der Waals surface area (Å²) in [5, 5.41) is 3.25. The first-order valence-electron chi connectivity index (χ1n) is 5.44. The molecule has 1 fully saturated rings. The first-order valence-corrected chi connectivity index (χ1v) is 6.96. The first kappa shape index (κ1) is 13.2. The minimum absolute atomic E-state index is 0.0651. The molecule has 15 heavy (non-hydrogen) atoms. The lowest BCUT2D eigenvalue weighted by molar-refractivity contribution is -0.159. The van der Waals surface area contributed by atoms with E-state index < -0.39 is 5.41 Å². The standard InChI is InChI=1S/C11H20INO2/c1-11(2,3)10(14)15-9-6-8(4-5-12)7-13-9/h8-9,13H,4-7H2,1-3H3/t8-,9?/m0/s1. The summed E-state index contributed by atoms with van der Waals surface area (Å²) in [5.74, 6) is 0.551. The third-order valence-corrected chi connectivity index (χ3v) is 3.18. The molecule has 1 aliphatic heterocycles. The summed E-state index contributed by atoms with van der Waals surface area (Å²) in [6, 6.07) is 0. The topological polar surface area (TPSA) is 38.3 Å². The Morgan fingerprint density at radius 2 is 2.20 bits per heavy atom. The van der Waals surface area contributed by atoms with Gasteiger partial charge in [0.25, 0.3) is 0 Å². The van der Waals surface area contributed by atoms with Crippen LogP contribution in [0.1, 0.15) is 33.6 Å². The van der Waals surface area contributed by atoms with Gasteiger partial charge in [-0.15, -0.1) is 0 Å². The Bertz CT molecular complexity index is 225. The molecule has 0 aromatic heterocycles. The Labute approximate surface area is 105 Å². The van der Waals surface area contributed by atoms with E-state index in [1.807, 2.05) is 20.8 Å². The SMILES string of the molecule is CC(C)(C)C(=O)OC1C[C@H](CCI)CN1. The molecule has 88 valence electrons. The fourth-order valence-electron chi connectivity index (χ4n) is 1.54. The third-order valence-electron chi connectivity index (χ3n) is 2.56. The number of alkyl halides is 1. The van der Waals surface area contributed by atoms with Crippen LogP contribution < -0.4 is 5.32 Å². The second-order valence-electron chi connectivity index (χ2n) is 5.13. The van der Waals surface area contributed by atoms with Crippen LogP contribution in [0.5, 0.6) is 0 Å². The number of carbonyl (C=O) groups excluding carboxylic acids is 1. The fourth-order valence-corrected chi connectivity index (χ4v) is 2.42. The maximum Gasteiger partial charge on any atom is 0.312 e. The lowest BCUT2D eigenvalue weighted by Crippen LogP contribution is -2.33. The fraction of sp³-hybridized carbons (Fsp3) is 0.909. The number of hydrogen-bond acceptors (Lipinski definition) is 3. The highest BCUT2D eigenvalue weighted by atomic mass is 127. The molecule has 0 amide bonds. The summed E-state index contributed by atoms with van der Waals surface area (Å²) in [7, 11) is 0. The zero-order valence-electron chi connectivity index (χ0n) is 9.68. The molecule has 0 bridgehead atoms. The van der Waals surface area contributed by atoms with Crippen LogP contribution in [0.3, 0.4) is 0 Å². The Kier molecular flexibility index (Phi) is 4.83. The summed E-state index contributed by atoms with van der Waals surface area (Å²) in [6.07, 6.45) is 2.10. The van der Waals surface area contributed by atoms with Crippen LogP contribution in [0.4, 0.5) is 0 Å². The van der Waals surface area contributed by atoms with E-state index in [9.17, 15) is 4.79 Å². The van der Waals surface area contributed by atoms with Crippen LogP contribution in [0.15, 0.2) is 0 Å². The zero-order chi connectivity index (χ0) is 11.5. The summed E-state index contributed by atoms with van der Waals surface area (Å²) >= 11 is 2.39. The minimum Gasteiger partial charge on any atom is -0.446 e. The average molecular weight is 325 g/mol. The Balaban J connectivity index is 2.33. The predicted molar refractivity (Wildman–Crippen MR) is 68.9 cm³/mol. The van der Waals surface area contributed by atoms with Gasteiger partial charge in [-0.3, -0.25) is 10.1 Å². The van der Waals surface area contributed by atoms with Crippen molar-refractivity contribution in [3.05, 3.63) is 0 Å². The van der Waals surface area contributed by atoms with Crippen LogP contribution in [0, 0.1) is 11.3 Å². The van der Waals surface area contributed by atoms with E-state index in [1.54, 1.807) is 0 Å². The molecule has 0 spiro atoms. The second kappa shape index (κ2) is 5.48. The van der Waals surface area contributed by atoms with Crippen LogP contribution in [-0.4, -0.2) is 23.2 Å². The van der Waals surface area contributed by atoms with Crippen molar-refractivity contribution in [2.45, 2.75) is 39.8 Å². The van der Waals surface area contributed by atoms with Crippen LogP contribution in [0.2, 0.25) is 0 Å². The minimum atomic E-state index is -0.400. The van der Waals surface area contributed by atoms with Crippen molar-refractivity contribution in [1.29, 1.82) is 0 Å². The van der Waals surface area contributed by atoms with E-state index >= 15 is 0 Å². The van der Waals surface area contributed by atoms with Crippen molar-refractivity contribution in [1.82, 2.24) is 5.32 Å². The van der Waals surface area contributed by atoms with E-state index in [0.29, 0.717) is 5.92 Å². The number of hydrogen-bond donors (Lipinski definition) is 1. The maximum absolute atomic E-state index is 11.6. The Morgan fingerprint density at radius 1 is 1.53 bits per heavy atom. The molecule has 0 aliphatic carbocycles. The smallest absolute Gasteiger partial charge is 0.312 e. The molecular weight excluding hydrogens is 305 g/mol. The molecule has 3 nitrogen and oxygen atoms in total. The van der Waals surface area contributed by atoms with Crippen molar-refractivity contribution >= 4 is 28.6 Å². The number of ether oxygens (including phenoxy) is 1. The van der Waals surface area contributed by atoms with Crippen LogP contribution in [-0.2, 0) is 9.53 Å². The highest BCUT2D eigenvalue weighted by Crippen LogP contribution is 2.22. The number of rotatable bonds is 3. The summed E-state index contributed by atoms with van der Waals surface area (Å²) in [6.45, 7) is 6.62. The number of esters is 1. The number of carbonyl (C=O) groups is 1. The van der Waals surface area contributed by atoms with E-state index in [-0.39, 0.29) is 12.2 Å². The summed E-state index contributed by atoms with van der Waals surface area (Å²) in [5.41, 5.74) is -0.400. The molecular formula is C11H20INO2. The predicted octanol–water partition coefficient (Wildman–Crippen LogP) is 2.34. The summed E-state index contributed by atoms with van der Waals surface area (Å²) < 4.78 is 6.57. The molecule has 1 rings (SSSR count). The van der Waals surface area contributed by atoms with Gasteiger partial charge in [0.1, 0.15) is 0 Å². The zero-order valence-corrected chi connectivity index (χ0v) is 11.8.